The zero-order chi connectivity index (χ0) is 21.7. The molecule has 10 nitrogen and oxygen atoms in total. The number of nitrogens with zero attached hydrogens (tertiary/aromatic N) is 3. The van der Waals surface area contributed by atoms with Gasteiger partial charge in [-0.1, -0.05) is 0 Å². The normalized spacial score (nSPS) is 10.7. The first kappa shape index (κ1) is 20.7. The number of aromatic nitrogens is 3. The summed E-state index contributed by atoms with van der Waals surface area (Å²) in [6.07, 6.45) is 3.94. The average molecular weight is 427 g/mol. The summed E-state index contributed by atoms with van der Waals surface area (Å²) in [5, 5.41) is 14.5. The number of hydrogen-bond acceptors (Lipinski definition) is 8. The molecule has 0 saturated carbocycles. The highest BCUT2D eigenvalue weighted by molar-refractivity contribution is 7.71. The smallest absolute Gasteiger partial charge is 0.271 e. The molecule has 3 rings (SSSR count). The lowest BCUT2D eigenvalue weighted by atomic mass is 10.2. The molecule has 11 heteroatoms. The van der Waals surface area contributed by atoms with E-state index in [1.807, 2.05) is 0 Å². The SMILES string of the molecule is COc1ccc(OC)c(-n2c(O)c(C=NNC(=O)c3ccncc3)c(=O)[nH]c2=S)c1. The van der Waals surface area contributed by atoms with Crippen LogP contribution in [0.15, 0.2) is 52.6 Å². The summed E-state index contributed by atoms with van der Waals surface area (Å²) in [6, 6.07) is 7.89. The van der Waals surface area contributed by atoms with Gasteiger partial charge in [0, 0.05) is 24.0 Å². The summed E-state index contributed by atoms with van der Waals surface area (Å²) in [5.74, 6) is -0.134. The third-order valence-electron chi connectivity index (χ3n) is 4.05. The van der Waals surface area contributed by atoms with Crippen LogP contribution >= 0.6 is 12.2 Å². The predicted molar refractivity (Wildman–Crippen MR) is 111 cm³/mol. The number of rotatable bonds is 6. The van der Waals surface area contributed by atoms with Gasteiger partial charge in [0.15, 0.2) is 4.77 Å². The Morgan fingerprint density at radius 3 is 2.67 bits per heavy atom. The molecule has 2 heterocycles. The monoisotopic (exact) mass is 427 g/mol. The van der Waals surface area contributed by atoms with Crippen LogP contribution in [0.4, 0.5) is 0 Å². The van der Waals surface area contributed by atoms with Gasteiger partial charge >= 0.3 is 0 Å². The molecule has 0 radical (unpaired) electrons. The number of hydrazone groups is 1. The summed E-state index contributed by atoms with van der Waals surface area (Å²) >= 11 is 5.20. The predicted octanol–water partition coefficient (Wildman–Crippen LogP) is 1.78. The van der Waals surface area contributed by atoms with E-state index in [1.165, 1.54) is 43.3 Å². The molecule has 0 saturated heterocycles. The molecule has 0 bridgehead atoms. The van der Waals surface area contributed by atoms with Crippen LogP contribution < -0.4 is 20.5 Å². The van der Waals surface area contributed by atoms with E-state index in [0.29, 0.717) is 22.7 Å². The van der Waals surface area contributed by atoms with Crippen LogP contribution in [-0.2, 0) is 0 Å². The molecular weight excluding hydrogens is 410 g/mol. The third-order valence-corrected chi connectivity index (χ3v) is 4.33. The number of pyridine rings is 1. The van der Waals surface area contributed by atoms with Crippen molar-refractivity contribution in [2.75, 3.05) is 14.2 Å². The van der Waals surface area contributed by atoms with Crippen molar-refractivity contribution in [3.8, 4) is 23.1 Å². The zero-order valence-corrected chi connectivity index (χ0v) is 16.8. The van der Waals surface area contributed by atoms with Crippen LogP contribution in [0.5, 0.6) is 17.4 Å². The molecule has 0 aliphatic heterocycles. The molecule has 3 N–H and O–H groups in total. The fourth-order valence-electron chi connectivity index (χ4n) is 2.57. The maximum atomic E-state index is 12.3. The van der Waals surface area contributed by atoms with Crippen molar-refractivity contribution in [2.24, 2.45) is 5.10 Å². The van der Waals surface area contributed by atoms with E-state index in [9.17, 15) is 14.7 Å². The van der Waals surface area contributed by atoms with Gasteiger partial charge in [-0.3, -0.25) is 24.1 Å². The van der Waals surface area contributed by atoms with E-state index in [4.69, 9.17) is 21.7 Å². The van der Waals surface area contributed by atoms with Crippen LogP contribution in [0.25, 0.3) is 5.69 Å². The lowest BCUT2D eigenvalue weighted by Gasteiger charge is -2.15. The molecule has 2 aromatic heterocycles. The van der Waals surface area contributed by atoms with Crippen molar-refractivity contribution < 1.29 is 19.4 Å². The quantitative estimate of drug-likeness (QED) is 0.310. The molecule has 0 atom stereocenters. The Bertz CT molecular complexity index is 1220. The van der Waals surface area contributed by atoms with Gasteiger partial charge in [-0.15, -0.1) is 0 Å². The molecule has 0 aliphatic carbocycles. The largest absolute Gasteiger partial charge is 0.497 e. The molecule has 1 aromatic carbocycles. The Kier molecular flexibility index (Phi) is 6.23. The Hall–Kier alpha value is -3.99. The number of aromatic amines is 1. The van der Waals surface area contributed by atoms with Gasteiger partial charge in [0.2, 0.25) is 5.88 Å². The minimum absolute atomic E-state index is 0.0676. The number of benzene rings is 1. The van der Waals surface area contributed by atoms with Gasteiger partial charge in [0.25, 0.3) is 11.5 Å². The fraction of sp³-hybridized carbons (Fsp3) is 0.105. The second-order valence-electron chi connectivity index (χ2n) is 5.80. The van der Waals surface area contributed by atoms with E-state index < -0.39 is 17.3 Å². The maximum Gasteiger partial charge on any atom is 0.271 e. The second kappa shape index (κ2) is 9.01. The highest BCUT2D eigenvalue weighted by Crippen LogP contribution is 2.30. The molecule has 154 valence electrons. The Balaban J connectivity index is 2.02. The van der Waals surface area contributed by atoms with E-state index >= 15 is 0 Å². The molecule has 0 spiro atoms. The minimum atomic E-state index is -0.683. The number of nitrogens with one attached hydrogen (secondary N) is 2. The van der Waals surface area contributed by atoms with Crippen molar-refractivity contribution >= 4 is 24.3 Å². The van der Waals surface area contributed by atoms with Gasteiger partial charge in [-0.2, -0.15) is 5.10 Å². The van der Waals surface area contributed by atoms with E-state index in [1.54, 1.807) is 18.2 Å². The Morgan fingerprint density at radius 2 is 2.00 bits per heavy atom. The Morgan fingerprint density at radius 1 is 1.27 bits per heavy atom. The molecule has 0 aliphatic rings. The molecule has 0 unspecified atom stereocenters. The van der Waals surface area contributed by atoms with Crippen molar-refractivity contribution in [3.63, 3.8) is 0 Å². The standard InChI is InChI=1S/C19H17N5O5S/c1-28-12-3-4-15(29-2)14(9-12)24-18(27)13(17(26)22-19(24)30)10-21-23-16(25)11-5-7-20-8-6-11/h3-10,27H,1-2H3,(H,23,25)(H,22,26,30). The number of aromatic hydroxyl groups is 1. The second-order valence-corrected chi connectivity index (χ2v) is 6.19. The zero-order valence-electron chi connectivity index (χ0n) is 15.9. The average Bonchev–Trinajstić information content (AvgIpc) is 2.76. The van der Waals surface area contributed by atoms with Crippen molar-refractivity contribution in [1.29, 1.82) is 0 Å². The number of carbonyl (C=O) groups is 1. The van der Waals surface area contributed by atoms with Crippen molar-refractivity contribution in [3.05, 3.63) is 69.0 Å². The molecule has 0 fully saturated rings. The van der Waals surface area contributed by atoms with Gasteiger partial charge < -0.3 is 14.6 Å². The van der Waals surface area contributed by atoms with Crippen LogP contribution in [0.3, 0.4) is 0 Å². The molecule has 1 amide bonds. The van der Waals surface area contributed by atoms with E-state index in [0.717, 1.165) is 6.21 Å². The molecular formula is C19H17N5O5S. The van der Waals surface area contributed by atoms with Crippen molar-refractivity contribution in [1.82, 2.24) is 20.0 Å². The first-order chi connectivity index (χ1) is 14.5. The van der Waals surface area contributed by atoms with E-state index in [2.05, 4.69) is 20.5 Å². The van der Waals surface area contributed by atoms with Gasteiger partial charge in [-0.05, 0) is 36.5 Å². The van der Waals surface area contributed by atoms with Gasteiger partial charge in [0.05, 0.1) is 26.1 Å². The van der Waals surface area contributed by atoms with E-state index in [-0.39, 0.29) is 10.3 Å². The summed E-state index contributed by atoms with van der Waals surface area (Å²) in [4.78, 5) is 30.6. The Labute approximate surface area is 175 Å². The number of methoxy groups -OCH3 is 2. The van der Waals surface area contributed by atoms with Crippen molar-refractivity contribution in [2.45, 2.75) is 0 Å². The number of ether oxygens (including phenoxy) is 2. The van der Waals surface area contributed by atoms with Gasteiger partial charge in [0.1, 0.15) is 17.1 Å². The highest BCUT2D eigenvalue weighted by atomic mass is 32.1. The van der Waals surface area contributed by atoms with Crippen LogP contribution in [0.2, 0.25) is 0 Å². The fourth-order valence-corrected chi connectivity index (χ4v) is 2.85. The van der Waals surface area contributed by atoms with Crippen LogP contribution in [-0.4, -0.2) is 46.0 Å². The highest BCUT2D eigenvalue weighted by Gasteiger charge is 2.17. The number of carbonyl (C=O) groups excluding carboxylic acids is 1. The first-order valence-electron chi connectivity index (χ1n) is 8.50. The summed E-state index contributed by atoms with van der Waals surface area (Å²) in [7, 11) is 2.94. The number of H-pyrrole nitrogens is 1. The maximum absolute atomic E-state index is 12.3. The molecule has 30 heavy (non-hydrogen) atoms. The summed E-state index contributed by atoms with van der Waals surface area (Å²) in [5.41, 5.74) is 2.04. The lowest BCUT2D eigenvalue weighted by Crippen LogP contribution is -2.21. The number of amides is 1. The van der Waals surface area contributed by atoms with Crippen LogP contribution in [0, 0.1) is 4.77 Å². The van der Waals surface area contributed by atoms with Crippen LogP contribution in [0.1, 0.15) is 15.9 Å². The minimum Gasteiger partial charge on any atom is -0.497 e. The third kappa shape index (κ3) is 4.20. The first-order valence-corrected chi connectivity index (χ1v) is 8.91. The van der Waals surface area contributed by atoms with Gasteiger partial charge in [-0.25, -0.2) is 5.43 Å². The summed E-state index contributed by atoms with van der Waals surface area (Å²) < 4.78 is 11.7. The number of hydrogen-bond donors (Lipinski definition) is 3. The topological polar surface area (TPSA) is 131 Å². The lowest BCUT2D eigenvalue weighted by molar-refractivity contribution is 0.0955. The molecule has 3 aromatic rings. The summed E-state index contributed by atoms with van der Waals surface area (Å²) in [6.45, 7) is 0.